The van der Waals surface area contributed by atoms with Crippen molar-refractivity contribution in [3.8, 4) is 16.9 Å². The minimum Gasteiger partial charge on any atom is -0.495 e. The van der Waals surface area contributed by atoms with E-state index < -0.39 is 0 Å². The highest BCUT2D eigenvalue weighted by Gasteiger charge is 2.10. The lowest BCUT2D eigenvalue weighted by atomic mass is 10.0. The molecule has 17 heavy (non-hydrogen) atoms. The van der Waals surface area contributed by atoms with Crippen molar-refractivity contribution in [1.82, 2.24) is 4.98 Å². The fourth-order valence-electron chi connectivity index (χ4n) is 1.66. The first-order valence-electron chi connectivity index (χ1n) is 5.09. The molecular formula is C13H11BrFNO. The second kappa shape index (κ2) is 5.27. The molecule has 0 amide bonds. The van der Waals surface area contributed by atoms with Gasteiger partial charge in [0, 0.05) is 22.7 Å². The molecule has 1 aromatic carbocycles. The number of ether oxygens (including phenoxy) is 1. The Morgan fingerprint density at radius 2 is 1.94 bits per heavy atom. The predicted octanol–water partition coefficient (Wildman–Crippen LogP) is 3.79. The molecule has 0 aliphatic heterocycles. The zero-order valence-corrected chi connectivity index (χ0v) is 10.9. The zero-order valence-electron chi connectivity index (χ0n) is 9.28. The summed E-state index contributed by atoms with van der Waals surface area (Å²) in [5.74, 6) is 0.480. The Morgan fingerprint density at radius 3 is 2.53 bits per heavy atom. The topological polar surface area (TPSA) is 22.1 Å². The van der Waals surface area contributed by atoms with Gasteiger partial charge in [-0.05, 0) is 17.7 Å². The van der Waals surface area contributed by atoms with Crippen LogP contribution in [0.15, 0.2) is 36.7 Å². The molecule has 0 aliphatic carbocycles. The predicted molar refractivity (Wildman–Crippen MR) is 68.8 cm³/mol. The van der Waals surface area contributed by atoms with E-state index in [2.05, 4.69) is 20.9 Å². The summed E-state index contributed by atoms with van der Waals surface area (Å²) in [6.45, 7) is 0. The Morgan fingerprint density at radius 1 is 1.24 bits per heavy atom. The van der Waals surface area contributed by atoms with Crippen molar-refractivity contribution >= 4 is 15.9 Å². The highest BCUT2D eigenvalue weighted by Crippen LogP contribution is 2.31. The Bertz CT molecular complexity index is 513. The molecule has 4 heteroatoms. The number of hydrogen-bond acceptors (Lipinski definition) is 2. The number of hydrogen-bond donors (Lipinski definition) is 0. The van der Waals surface area contributed by atoms with Crippen molar-refractivity contribution < 1.29 is 9.13 Å². The van der Waals surface area contributed by atoms with Gasteiger partial charge in [0.1, 0.15) is 11.6 Å². The average molecular weight is 296 g/mol. The molecule has 2 nitrogen and oxygen atoms in total. The van der Waals surface area contributed by atoms with Crippen LogP contribution in [0.4, 0.5) is 4.39 Å². The van der Waals surface area contributed by atoms with Gasteiger partial charge in [-0.25, -0.2) is 4.39 Å². The van der Waals surface area contributed by atoms with Gasteiger partial charge in [-0.15, -0.1) is 0 Å². The molecule has 0 fully saturated rings. The second-order valence-electron chi connectivity index (χ2n) is 3.51. The molecule has 0 saturated heterocycles. The molecule has 1 heterocycles. The monoisotopic (exact) mass is 295 g/mol. The van der Waals surface area contributed by atoms with Gasteiger partial charge >= 0.3 is 0 Å². The van der Waals surface area contributed by atoms with Crippen LogP contribution < -0.4 is 4.74 Å². The molecule has 0 N–H and O–H groups in total. The average Bonchev–Trinajstić information content (AvgIpc) is 2.38. The smallest absolute Gasteiger partial charge is 0.141 e. The minimum atomic E-state index is -0.245. The summed E-state index contributed by atoms with van der Waals surface area (Å²) in [4.78, 5) is 4.12. The highest BCUT2D eigenvalue weighted by molar-refractivity contribution is 9.08. The summed E-state index contributed by atoms with van der Waals surface area (Å²) in [5, 5.41) is 0.658. The molecule has 88 valence electrons. The fourth-order valence-corrected chi connectivity index (χ4v) is 2.24. The number of nitrogens with zero attached hydrogens (tertiary/aromatic N) is 1. The Kier molecular flexibility index (Phi) is 3.74. The van der Waals surface area contributed by atoms with E-state index in [9.17, 15) is 4.39 Å². The Labute approximate surface area is 108 Å². The second-order valence-corrected chi connectivity index (χ2v) is 4.07. The van der Waals surface area contributed by atoms with Gasteiger partial charge in [-0.1, -0.05) is 28.1 Å². The first-order chi connectivity index (χ1) is 8.26. The number of benzene rings is 1. The van der Waals surface area contributed by atoms with E-state index in [1.54, 1.807) is 31.6 Å². The van der Waals surface area contributed by atoms with Gasteiger partial charge in [-0.2, -0.15) is 0 Å². The van der Waals surface area contributed by atoms with Gasteiger partial charge in [0.25, 0.3) is 0 Å². The van der Waals surface area contributed by atoms with Gasteiger partial charge in [0.15, 0.2) is 0 Å². The number of rotatable bonds is 3. The molecule has 0 radical (unpaired) electrons. The maximum atomic E-state index is 12.9. The van der Waals surface area contributed by atoms with Gasteiger partial charge in [-0.3, -0.25) is 4.98 Å². The molecular weight excluding hydrogens is 285 g/mol. The highest BCUT2D eigenvalue weighted by atomic mass is 79.9. The minimum absolute atomic E-state index is 0.245. The molecule has 0 aliphatic rings. The van der Waals surface area contributed by atoms with Crippen LogP contribution in [0.5, 0.6) is 5.75 Å². The van der Waals surface area contributed by atoms with Crippen LogP contribution in [0.2, 0.25) is 0 Å². The lowest BCUT2D eigenvalue weighted by Crippen LogP contribution is -1.94. The zero-order chi connectivity index (χ0) is 12.3. The number of halogens is 2. The van der Waals surface area contributed by atoms with Crippen LogP contribution in [0.1, 0.15) is 5.56 Å². The first-order valence-corrected chi connectivity index (χ1v) is 6.21. The van der Waals surface area contributed by atoms with Gasteiger partial charge in [0.05, 0.1) is 13.3 Å². The molecule has 2 rings (SSSR count). The third-order valence-corrected chi connectivity index (χ3v) is 3.09. The lowest BCUT2D eigenvalue weighted by molar-refractivity contribution is 0.410. The van der Waals surface area contributed by atoms with Crippen LogP contribution in [0.25, 0.3) is 11.1 Å². The van der Waals surface area contributed by atoms with E-state index in [1.807, 2.05) is 0 Å². The third kappa shape index (κ3) is 2.47. The largest absolute Gasteiger partial charge is 0.495 e. The molecule has 0 saturated carbocycles. The van der Waals surface area contributed by atoms with Crippen LogP contribution in [0, 0.1) is 5.82 Å². The van der Waals surface area contributed by atoms with E-state index in [4.69, 9.17) is 4.74 Å². The molecule has 0 bridgehead atoms. The van der Waals surface area contributed by atoms with Gasteiger partial charge < -0.3 is 4.74 Å². The molecule has 0 spiro atoms. The van der Waals surface area contributed by atoms with E-state index in [0.29, 0.717) is 5.33 Å². The van der Waals surface area contributed by atoms with Crippen LogP contribution in [-0.4, -0.2) is 12.1 Å². The summed E-state index contributed by atoms with van der Waals surface area (Å²) in [7, 11) is 1.61. The molecule has 1 aromatic heterocycles. The van der Waals surface area contributed by atoms with Crippen LogP contribution in [-0.2, 0) is 5.33 Å². The summed E-state index contributed by atoms with van der Waals surface area (Å²) in [6, 6.07) is 6.34. The molecule has 2 aromatic rings. The van der Waals surface area contributed by atoms with Crippen molar-refractivity contribution in [3.63, 3.8) is 0 Å². The number of alkyl halides is 1. The lowest BCUT2D eigenvalue weighted by Gasteiger charge is -2.11. The maximum absolute atomic E-state index is 12.9. The van der Waals surface area contributed by atoms with Crippen molar-refractivity contribution in [1.29, 1.82) is 0 Å². The van der Waals surface area contributed by atoms with Crippen LogP contribution >= 0.6 is 15.9 Å². The van der Waals surface area contributed by atoms with E-state index in [1.165, 1.54) is 12.1 Å². The van der Waals surface area contributed by atoms with Crippen molar-refractivity contribution in [3.05, 3.63) is 48.0 Å². The summed E-state index contributed by atoms with van der Waals surface area (Å²) >= 11 is 3.43. The van der Waals surface area contributed by atoms with Crippen molar-refractivity contribution in [2.75, 3.05) is 7.11 Å². The Hall–Kier alpha value is -1.42. The molecule has 0 atom stereocenters. The maximum Gasteiger partial charge on any atom is 0.141 e. The summed E-state index contributed by atoms with van der Waals surface area (Å²) in [5.41, 5.74) is 2.88. The standard InChI is InChI=1S/C13H11BrFNO/c1-17-13-8-16-7-12(11(13)6-14)9-2-4-10(15)5-3-9/h2-5,7-8H,6H2,1H3. The number of aromatic nitrogens is 1. The fraction of sp³-hybridized carbons (Fsp3) is 0.154. The van der Waals surface area contributed by atoms with E-state index in [0.717, 1.165) is 22.4 Å². The number of methoxy groups -OCH3 is 1. The SMILES string of the molecule is COc1cncc(-c2ccc(F)cc2)c1CBr. The van der Waals surface area contributed by atoms with E-state index >= 15 is 0 Å². The normalized spacial score (nSPS) is 10.3. The summed E-state index contributed by atoms with van der Waals surface area (Å²) in [6.07, 6.45) is 3.43. The van der Waals surface area contributed by atoms with Crippen molar-refractivity contribution in [2.45, 2.75) is 5.33 Å². The van der Waals surface area contributed by atoms with E-state index in [-0.39, 0.29) is 5.82 Å². The number of pyridine rings is 1. The van der Waals surface area contributed by atoms with Gasteiger partial charge in [0.2, 0.25) is 0 Å². The Balaban J connectivity index is 2.54. The first kappa shape index (κ1) is 12.0. The van der Waals surface area contributed by atoms with Crippen LogP contribution in [0.3, 0.4) is 0 Å². The summed E-state index contributed by atoms with van der Waals surface area (Å²) < 4.78 is 18.1. The molecule has 0 unspecified atom stereocenters. The third-order valence-electron chi connectivity index (χ3n) is 2.53. The van der Waals surface area contributed by atoms with Crippen molar-refractivity contribution in [2.24, 2.45) is 0 Å². The quantitative estimate of drug-likeness (QED) is 0.804.